The van der Waals surface area contributed by atoms with Crippen molar-refractivity contribution in [2.24, 2.45) is 0 Å². The van der Waals surface area contributed by atoms with Gasteiger partial charge in [0.1, 0.15) is 5.60 Å². The van der Waals surface area contributed by atoms with Crippen molar-refractivity contribution in [2.75, 3.05) is 20.7 Å². The molecule has 2 unspecified atom stereocenters. The maximum atomic E-state index is 13.4. The second kappa shape index (κ2) is 13.1. The van der Waals surface area contributed by atoms with Gasteiger partial charge in [-0.25, -0.2) is 4.98 Å². The van der Waals surface area contributed by atoms with Crippen molar-refractivity contribution in [3.8, 4) is 5.88 Å². The fraction of sp³-hybridized carbons (Fsp3) is 0.184. The molecule has 0 saturated carbocycles. The highest BCUT2D eigenvalue weighted by atomic mass is 79.9. The molecule has 0 saturated heterocycles. The van der Waals surface area contributed by atoms with Crippen molar-refractivity contribution in [1.29, 1.82) is 0 Å². The molecule has 0 radical (unpaired) electrons. The molecule has 0 aliphatic rings. The van der Waals surface area contributed by atoms with Crippen LogP contribution in [0.5, 0.6) is 5.88 Å². The zero-order chi connectivity index (χ0) is 30.7. The smallest absolute Gasteiger partial charge is 0.217 e. The Hall–Kier alpha value is -3.74. The van der Waals surface area contributed by atoms with Gasteiger partial charge in [0.2, 0.25) is 5.88 Å². The topological polar surface area (TPSA) is 45.6 Å². The van der Waals surface area contributed by atoms with E-state index in [0.29, 0.717) is 23.9 Å². The van der Waals surface area contributed by atoms with Crippen LogP contribution in [-0.2, 0) is 12.1 Å². The molecular formula is C38H34BrClN2O2. The Kier molecular flexibility index (Phi) is 9.01. The standard InChI is InChI=1S/C38H34BrClN2O2/c1-42(25-26-9-4-3-5-10-26)22-21-38(43,34-14-8-12-27-11-6-7-13-32(27)34)36(28-15-18-31(40)19-16-28)33-24-29-23-30(39)17-20-35(29)41-37(33)44-2/h3-20,23-24,36,43H,21-22,25H2,1-2H3. The Bertz CT molecular complexity index is 1890. The minimum atomic E-state index is -1.35. The zero-order valence-electron chi connectivity index (χ0n) is 24.8. The van der Waals surface area contributed by atoms with Crippen molar-refractivity contribution in [3.05, 3.63) is 153 Å². The van der Waals surface area contributed by atoms with Gasteiger partial charge in [-0.2, -0.15) is 0 Å². The van der Waals surface area contributed by atoms with Gasteiger partial charge in [0.05, 0.1) is 12.6 Å². The summed E-state index contributed by atoms with van der Waals surface area (Å²) in [5, 5.41) is 17.1. The second-order valence-electron chi connectivity index (χ2n) is 11.3. The van der Waals surface area contributed by atoms with Crippen LogP contribution in [0.4, 0.5) is 0 Å². The second-order valence-corrected chi connectivity index (χ2v) is 12.7. The first-order valence-corrected chi connectivity index (χ1v) is 15.9. The first kappa shape index (κ1) is 30.3. The fourth-order valence-electron chi connectivity index (χ4n) is 6.26. The summed E-state index contributed by atoms with van der Waals surface area (Å²) in [6.45, 7) is 1.42. The van der Waals surface area contributed by atoms with Crippen molar-refractivity contribution in [1.82, 2.24) is 9.88 Å². The number of fused-ring (bicyclic) bond motifs is 2. The van der Waals surface area contributed by atoms with E-state index in [1.54, 1.807) is 7.11 Å². The Balaban J connectivity index is 1.57. The molecule has 0 fully saturated rings. The van der Waals surface area contributed by atoms with Crippen LogP contribution in [0.25, 0.3) is 21.7 Å². The first-order valence-electron chi connectivity index (χ1n) is 14.7. The number of ether oxygens (including phenoxy) is 1. The van der Waals surface area contributed by atoms with Gasteiger partial charge in [0.15, 0.2) is 0 Å². The first-order chi connectivity index (χ1) is 21.4. The number of aliphatic hydroxyl groups is 1. The number of hydrogen-bond acceptors (Lipinski definition) is 4. The quantitative estimate of drug-likeness (QED) is 0.158. The van der Waals surface area contributed by atoms with Crippen molar-refractivity contribution in [2.45, 2.75) is 24.5 Å². The molecule has 5 aromatic carbocycles. The zero-order valence-corrected chi connectivity index (χ0v) is 27.1. The predicted octanol–water partition coefficient (Wildman–Crippen LogP) is 9.35. The average molecular weight is 666 g/mol. The van der Waals surface area contributed by atoms with E-state index in [0.717, 1.165) is 49.4 Å². The lowest BCUT2D eigenvalue weighted by molar-refractivity contribution is 0.00308. The number of hydrogen-bond donors (Lipinski definition) is 1. The van der Waals surface area contributed by atoms with E-state index in [1.165, 1.54) is 5.56 Å². The number of nitrogens with zero attached hydrogens (tertiary/aromatic N) is 2. The van der Waals surface area contributed by atoms with Gasteiger partial charge in [0, 0.05) is 39.5 Å². The van der Waals surface area contributed by atoms with Crippen LogP contribution in [0.1, 0.15) is 34.6 Å². The summed E-state index contributed by atoms with van der Waals surface area (Å²) in [7, 11) is 3.74. The molecule has 1 N–H and O–H groups in total. The van der Waals surface area contributed by atoms with Gasteiger partial charge >= 0.3 is 0 Å². The lowest BCUT2D eigenvalue weighted by atomic mass is 9.70. The molecule has 0 aliphatic heterocycles. The summed E-state index contributed by atoms with van der Waals surface area (Å²) < 4.78 is 6.92. The summed E-state index contributed by atoms with van der Waals surface area (Å²) in [6, 6.07) is 40.7. The fourth-order valence-corrected chi connectivity index (χ4v) is 6.76. The van der Waals surface area contributed by atoms with Gasteiger partial charge in [0.25, 0.3) is 0 Å². The Labute approximate surface area is 272 Å². The van der Waals surface area contributed by atoms with Crippen LogP contribution >= 0.6 is 27.5 Å². The molecule has 1 heterocycles. The highest BCUT2D eigenvalue weighted by molar-refractivity contribution is 9.10. The van der Waals surface area contributed by atoms with Gasteiger partial charge < -0.3 is 14.7 Å². The van der Waals surface area contributed by atoms with Crippen LogP contribution in [0.15, 0.2) is 126 Å². The van der Waals surface area contributed by atoms with E-state index in [-0.39, 0.29) is 0 Å². The third-order valence-electron chi connectivity index (χ3n) is 8.38. The summed E-state index contributed by atoms with van der Waals surface area (Å²) in [5.41, 5.74) is 3.28. The number of benzene rings is 5. The molecule has 2 atom stereocenters. The van der Waals surface area contributed by atoms with Gasteiger partial charge in [-0.1, -0.05) is 112 Å². The minimum absolute atomic E-state index is 0.456. The molecule has 0 amide bonds. The largest absolute Gasteiger partial charge is 0.481 e. The van der Waals surface area contributed by atoms with Crippen LogP contribution in [0.3, 0.4) is 0 Å². The molecule has 6 heteroatoms. The number of halogens is 2. The third-order valence-corrected chi connectivity index (χ3v) is 9.13. The number of rotatable bonds is 10. The van der Waals surface area contributed by atoms with Crippen LogP contribution in [-0.4, -0.2) is 35.7 Å². The van der Waals surface area contributed by atoms with Crippen molar-refractivity contribution in [3.63, 3.8) is 0 Å². The average Bonchev–Trinajstić information content (AvgIpc) is 3.04. The number of methoxy groups -OCH3 is 1. The van der Waals surface area contributed by atoms with Crippen molar-refractivity contribution >= 4 is 49.2 Å². The van der Waals surface area contributed by atoms with Crippen LogP contribution < -0.4 is 4.74 Å². The van der Waals surface area contributed by atoms with E-state index in [1.807, 2.05) is 60.7 Å². The summed E-state index contributed by atoms with van der Waals surface area (Å²) >= 11 is 10.0. The summed E-state index contributed by atoms with van der Waals surface area (Å²) in [5.74, 6) is -0.0439. The van der Waals surface area contributed by atoms with Crippen LogP contribution in [0, 0.1) is 0 Å². The normalized spacial score (nSPS) is 13.7. The highest BCUT2D eigenvalue weighted by Gasteiger charge is 2.43. The van der Waals surface area contributed by atoms with Gasteiger partial charge in [-0.3, -0.25) is 0 Å². The molecule has 44 heavy (non-hydrogen) atoms. The Morgan fingerprint density at radius 3 is 2.36 bits per heavy atom. The predicted molar refractivity (Wildman–Crippen MR) is 185 cm³/mol. The van der Waals surface area contributed by atoms with Gasteiger partial charge in [-0.15, -0.1) is 0 Å². The van der Waals surface area contributed by atoms with E-state index in [2.05, 4.69) is 88.5 Å². The monoisotopic (exact) mass is 664 g/mol. The van der Waals surface area contributed by atoms with Crippen LogP contribution in [0.2, 0.25) is 5.02 Å². The minimum Gasteiger partial charge on any atom is -0.481 e. The molecule has 1 aromatic heterocycles. The third kappa shape index (κ3) is 6.24. The molecule has 6 rings (SSSR count). The SMILES string of the molecule is COc1nc2ccc(Br)cc2cc1C(c1ccc(Cl)cc1)C(O)(CCN(C)Cc1ccccc1)c1cccc2ccccc12. The summed E-state index contributed by atoms with van der Waals surface area (Å²) in [6.07, 6.45) is 0.456. The van der Waals surface area contributed by atoms with E-state index in [9.17, 15) is 5.11 Å². The molecule has 6 aromatic rings. The highest BCUT2D eigenvalue weighted by Crippen LogP contribution is 2.49. The Morgan fingerprint density at radius 1 is 0.864 bits per heavy atom. The number of pyridine rings is 1. The van der Waals surface area contributed by atoms with Gasteiger partial charge in [-0.05, 0) is 77.3 Å². The van der Waals surface area contributed by atoms with Crippen molar-refractivity contribution < 1.29 is 9.84 Å². The Morgan fingerprint density at radius 2 is 1.59 bits per heavy atom. The summed E-state index contributed by atoms with van der Waals surface area (Å²) in [4.78, 5) is 7.19. The lowest BCUT2D eigenvalue weighted by Gasteiger charge is -2.40. The lowest BCUT2D eigenvalue weighted by Crippen LogP contribution is -2.38. The van der Waals surface area contributed by atoms with E-state index < -0.39 is 11.5 Å². The van der Waals surface area contributed by atoms with E-state index in [4.69, 9.17) is 21.3 Å². The molecule has 0 spiro atoms. The number of aromatic nitrogens is 1. The maximum Gasteiger partial charge on any atom is 0.217 e. The molecule has 0 aliphatic carbocycles. The maximum absolute atomic E-state index is 13.4. The molecular weight excluding hydrogens is 632 g/mol. The molecule has 0 bridgehead atoms. The van der Waals surface area contributed by atoms with E-state index >= 15 is 0 Å². The molecule has 222 valence electrons. The molecule has 4 nitrogen and oxygen atoms in total.